The van der Waals surface area contributed by atoms with Gasteiger partial charge in [0.05, 0.1) is 17.9 Å². The van der Waals surface area contributed by atoms with Gasteiger partial charge in [0.2, 0.25) is 0 Å². The number of hydrogen-bond acceptors (Lipinski definition) is 5. The minimum absolute atomic E-state index is 0.331. The van der Waals surface area contributed by atoms with Crippen molar-refractivity contribution in [2.75, 3.05) is 12.4 Å². The maximum absolute atomic E-state index is 5.64. The van der Waals surface area contributed by atoms with Crippen molar-refractivity contribution in [3.8, 4) is 0 Å². The predicted molar refractivity (Wildman–Crippen MR) is 70.0 cm³/mol. The Morgan fingerprint density at radius 2 is 2.41 bits per heavy atom. The molecule has 0 aromatic carbocycles. The molecule has 6 heteroatoms. The number of aromatic nitrogens is 2. The van der Waals surface area contributed by atoms with Gasteiger partial charge in [0.15, 0.2) is 5.82 Å². The quantitative estimate of drug-likeness (QED) is 0.782. The monoisotopic (exact) mass is 252 g/mol. The summed E-state index contributed by atoms with van der Waals surface area (Å²) in [6, 6.07) is 2.13. The Morgan fingerprint density at radius 3 is 3.06 bits per heavy atom. The summed E-state index contributed by atoms with van der Waals surface area (Å²) in [6.45, 7) is 0. The van der Waals surface area contributed by atoms with Crippen molar-refractivity contribution in [1.82, 2.24) is 10.2 Å². The molecule has 2 unspecified atom stereocenters. The Hall–Kier alpha value is -1.27. The van der Waals surface area contributed by atoms with Gasteiger partial charge < -0.3 is 15.8 Å². The van der Waals surface area contributed by atoms with E-state index >= 15 is 0 Å². The number of nitrogens with zero attached hydrogens (tertiary/aromatic N) is 2. The van der Waals surface area contributed by atoms with Crippen LogP contribution in [0.2, 0.25) is 0 Å². The van der Waals surface area contributed by atoms with Gasteiger partial charge in [-0.2, -0.15) is 5.10 Å². The Kier molecular flexibility index (Phi) is 3.86. The summed E-state index contributed by atoms with van der Waals surface area (Å²) in [5, 5.41) is 11.2. The molecule has 0 amide bonds. The number of thiocarbonyl (C=S) groups is 1. The third-order valence-electron chi connectivity index (χ3n) is 3.04. The lowest BCUT2D eigenvalue weighted by molar-refractivity contribution is 0.108. The number of nitrogens with one attached hydrogen (secondary N) is 1. The molecule has 1 aromatic rings. The van der Waals surface area contributed by atoms with E-state index in [1.54, 1.807) is 19.4 Å². The highest BCUT2D eigenvalue weighted by molar-refractivity contribution is 7.80. The van der Waals surface area contributed by atoms with E-state index in [9.17, 15) is 0 Å². The number of rotatable bonds is 4. The largest absolute Gasteiger partial charge is 0.389 e. The van der Waals surface area contributed by atoms with Gasteiger partial charge in [-0.1, -0.05) is 12.2 Å². The molecule has 1 aliphatic rings. The lowest BCUT2D eigenvalue weighted by Crippen LogP contribution is -2.22. The molecule has 1 fully saturated rings. The summed E-state index contributed by atoms with van der Waals surface area (Å²) in [7, 11) is 1.75. The first-order valence-electron chi connectivity index (χ1n) is 5.61. The lowest BCUT2D eigenvalue weighted by Gasteiger charge is -2.15. The average molecular weight is 252 g/mol. The van der Waals surface area contributed by atoms with Crippen LogP contribution >= 0.6 is 12.2 Å². The first kappa shape index (κ1) is 12.2. The number of ether oxygens (including phenoxy) is 1. The highest BCUT2D eigenvalue weighted by Crippen LogP contribution is 2.25. The van der Waals surface area contributed by atoms with E-state index in [1.807, 2.05) is 0 Å². The van der Waals surface area contributed by atoms with Crippen molar-refractivity contribution in [2.24, 2.45) is 5.73 Å². The fourth-order valence-electron chi connectivity index (χ4n) is 2.12. The zero-order valence-corrected chi connectivity index (χ0v) is 10.5. The van der Waals surface area contributed by atoms with Crippen molar-refractivity contribution in [2.45, 2.75) is 31.4 Å². The van der Waals surface area contributed by atoms with Crippen LogP contribution in [0.15, 0.2) is 12.3 Å². The first-order chi connectivity index (χ1) is 8.20. The zero-order chi connectivity index (χ0) is 12.3. The molecule has 0 bridgehead atoms. The van der Waals surface area contributed by atoms with Crippen molar-refractivity contribution in [1.29, 1.82) is 0 Å². The van der Waals surface area contributed by atoms with Gasteiger partial charge >= 0.3 is 0 Å². The molecule has 2 atom stereocenters. The molecule has 0 aliphatic heterocycles. The second-order valence-electron chi connectivity index (χ2n) is 4.17. The van der Waals surface area contributed by atoms with E-state index in [1.165, 1.54) is 0 Å². The van der Waals surface area contributed by atoms with E-state index < -0.39 is 0 Å². The van der Waals surface area contributed by atoms with E-state index in [-0.39, 0.29) is 0 Å². The lowest BCUT2D eigenvalue weighted by atomic mass is 10.2. The van der Waals surface area contributed by atoms with Crippen LogP contribution in [0.25, 0.3) is 0 Å². The van der Waals surface area contributed by atoms with Crippen LogP contribution in [-0.4, -0.2) is 34.4 Å². The fraction of sp³-hybridized carbons (Fsp3) is 0.545. The number of nitrogens with two attached hydrogens (primary N) is 1. The molecular formula is C11H16N4OS. The Morgan fingerprint density at radius 1 is 1.59 bits per heavy atom. The van der Waals surface area contributed by atoms with Crippen LogP contribution in [-0.2, 0) is 4.74 Å². The van der Waals surface area contributed by atoms with Gasteiger partial charge in [0, 0.05) is 13.2 Å². The summed E-state index contributed by atoms with van der Waals surface area (Å²) < 4.78 is 5.33. The van der Waals surface area contributed by atoms with Crippen LogP contribution in [0.1, 0.15) is 24.8 Å². The van der Waals surface area contributed by atoms with Gasteiger partial charge in [-0.15, -0.1) is 5.10 Å². The Bertz CT molecular complexity index is 412. The van der Waals surface area contributed by atoms with Crippen LogP contribution in [0, 0.1) is 0 Å². The fourth-order valence-corrected chi connectivity index (χ4v) is 2.28. The van der Waals surface area contributed by atoms with E-state index in [0.29, 0.717) is 23.0 Å². The van der Waals surface area contributed by atoms with Crippen LogP contribution in [0.4, 0.5) is 5.82 Å². The number of anilines is 1. The summed E-state index contributed by atoms with van der Waals surface area (Å²) >= 11 is 4.98. The van der Waals surface area contributed by atoms with E-state index in [0.717, 1.165) is 24.8 Å². The van der Waals surface area contributed by atoms with Gasteiger partial charge in [0.1, 0.15) is 4.99 Å². The molecule has 1 saturated carbocycles. The van der Waals surface area contributed by atoms with Gasteiger partial charge in [0.25, 0.3) is 0 Å². The van der Waals surface area contributed by atoms with E-state index in [2.05, 4.69) is 15.5 Å². The highest BCUT2D eigenvalue weighted by atomic mass is 32.1. The molecular weight excluding hydrogens is 236 g/mol. The number of methoxy groups -OCH3 is 1. The topological polar surface area (TPSA) is 73.1 Å². The summed E-state index contributed by atoms with van der Waals surface area (Å²) in [5.41, 5.74) is 6.39. The summed E-state index contributed by atoms with van der Waals surface area (Å²) in [5.74, 6) is 0.668. The zero-order valence-electron chi connectivity index (χ0n) is 9.72. The third kappa shape index (κ3) is 2.89. The molecule has 3 N–H and O–H groups in total. The van der Waals surface area contributed by atoms with Crippen LogP contribution < -0.4 is 11.1 Å². The molecule has 1 aliphatic carbocycles. The molecule has 2 rings (SSSR count). The normalized spacial score (nSPS) is 23.6. The van der Waals surface area contributed by atoms with Gasteiger partial charge in [-0.3, -0.25) is 0 Å². The average Bonchev–Trinajstić information content (AvgIpc) is 2.77. The second-order valence-corrected chi connectivity index (χ2v) is 4.61. The van der Waals surface area contributed by atoms with Crippen molar-refractivity contribution in [3.63, 3.8) is 0 Å². The minimum atomic E-state index is 0.331. The summed E-state index contributed by atoms with van der Waals surface area (Å²) in [6.07, 6.45) is 5.02. The van der Waals surface area contributed by atoms with Crippen molar-refractivity contribution >= 4 is 23.0 Å². The first-order valence-corrected chi connectivity index (χ1v) is 6.02. The predicted octanol–water partition coefficient (Wildman–Crippen LogP) is 1.09. The highest BCUT2D eigenvalue weighted by Gasteiger charge is 2.25. The molecule has 92 valence electrons. The Balaban J connectivity index is 2.06. The van der Waals surface area contributed by atoms with Gasteiger partial charge in [-0.05, 0) is 25.3 Å². The van der Waals surface area contributed by atoms with Gasteiger partial charge in [-0.25, -0.2) is 0 Å². The van der Waals surface area contributed by atoms with Crippen molar-refractivity contribution in [3.05, 3.63) is 17.8 Å². The maximum atomic E-state index is 5.64. The molecule has 1 heterocycles. The molecule has 0 spiro atoms. The standard InChI is InChI=1S/C11H16N4OS/c1-16-8-3-2-7(6-8)14-11-9(10(12)17)4-5-13-15-11/h4-5,7-8H,2-3,6H2,1H3,(H2,12,17)(H,14,15). The summed E-state index contributed by atoms with van der Waals surface area (Å²) in [4.78, 5) is 0.337. The van der Waals surface area contributed by atoms with E-state index in [4.69, 9.17) is 22.7 Å². The molecule has 17 heavy (non-hydrogen) atoms. The Labute approximate surface area is 106 Å². The third-order valence-corrected chi connectivity index (χ3v) is 3.26. The molecule has 1 aromatic heterocycles. The molecule has 5 nitrogen and oxygen atoms in total. The SMILES string of the molecule is COC1CCC(Nc2nnccc2C(N)=S)C1. The molecule has 0 radical (unpaired) electrons. The molecule has 0 saturated heterocycles. The minimum Gasteiger partial charge on any atom is -0.389 e. The maximum Gasteiger partial charge on any atom is 0.159 e. The second kappa shape index (κ2) is 5.37. The van der Waals surface area contributed by atoms with Crippen molar-refractivity contribution < 1.29 is 4.74 Å². The van der Waals surface area contributed by atoms with Crippen LogP contribution in [0.3, 0.4) is 0 Å². The van der Waals surface area contributed by atoms with Crippen LogP contribution in [0.5, 0.6) is 0 Å². The smallest absolute Gasteiger partial charge is 0.159 e. The number of hydrogen-bond donors (Lipinski definition) is 2.